The van der Waals surface area contributed by atoms with Crippen molar-refractivity contribution in [2.24, 2.45) is 0 Å². The molecule has 11 heavy (non-hydrogen) atoms. The van der Waals surface area contributed by atoms with E-state index in [0.29, 0.717) is 0 Å². The molecule has 0 N–H and O–H groups in total. The summed E-state index contributed by atoms with van der Waals surface area (Å²) in [5, 5.41) is 9.52. The van der Waals surface area contributed by atoms with Crippen molar-refractivity contribution in [1.29, 1.82) is 0 Å². The van der Waals surface area contributed by atoms with Crippen molar-refractivity contribution in [3.05, 3.63) is 11.8 Å². The van der Waals surface area contributed by atoms with Gasteiger partial charge in [-0.15, -0.1) is 13.2 Å². The van der Waals surface area contributed by atoms with Gasteiger partial charge in [0.25, 0.3) is 0 Å². The first-order chi connectivity index (χ1) is 4.63. The van der Waals surface area contributed by atoms with Crippen LogP contribution in [0.5, 0.6) is 0 Å². The molecule has 1 nitrogen and oxygen atoms in total. The number of allylic oxidation sites excluding steroid dienone is 2. The molecule has 0 radical (unpaired) electrons. The standard InChI is InChI=1S/C4F6O/c5-3(6,7)1-2(11)4(8,9)10. The average molecular weight is 178 g/mol. The lowest BCUT2D eigenvalue weighted by Crippen LogP contribution is -2.25. The SMILES string of the molecule is [O-]C(=[C+]C(F)(F)F)C(F)(F)F. The van der Waals surface area contributed by atoms with E-state index in [0.717, 1.165) is 0 Å². The van der Waals surface area contributed by atoms with Gasteiger partial charge in [-0.1, -0.05) is 0 Å². The third-order valence-electron chi connectivity index (χ3n) is 0.513. The van der Waals surface area contributed by atoms with Crippen LogP contribution in [0, 0.1) is 6.08 Å². The van der Waals surface area contributed by atoms with E-state index in [9.17, 15) is 31.4 Å². The maximum Gasteiger partial charge on any atom is 0.632 e. The Labute approximate surface area is 56.9 Å². The molecule has 0 amide bonds. The number of halogens is 6. The molecule has 0 aromatic heterocycles. The van der Waals surface area contributed by atoms with Crippen LogP contribution in [0.25, 0.3) is 0 Å². The highest BCUT2D eigenvalue weighted by Gasteiger charge is 2.47. The first kappa shape index (κ1) is 10.0. The van der Waals surface area contributed by atoms with Crippen molar-refractivity contribution < 1.29 is 31.4 Å². The van der Waals surface area contributed by atoms with Gasteiger partial charge in [-0.3, -0.25) is 0 Å². The molecular formula is C4F6O. The molecule has 0 spiro atoms. The van der Waals surface area contributed by atoms with Gasteiger partial charge in [0.1, 0.15) is 0 Å². The van der Waals surface area contributed by atoms with Gasteiger partial charge >= 0.3 is 18.4 Å². The van der Waals surface area contributed by atoms with Crippen LogP contribution < -0.4 is 5.11 Å². The smallest absolute Gasteiger partial charge is 0.632 e. The van der Waals surface area contributed by atoms with Gasteiger partial charge in [0.05, 0.1) is 0 Å². The van der Waals surface area contributed by atoms with Gasteiger partial charge in [-0.25, -0.2) is 0 Å². The number of hydrogen-bond donors (Lipinski definition) is 0. The minimum absolute atomic E-state index is 0.205. The topological polar surface area (TPSA) is 23.1 Å². The summed E-state index contributed by atoms with van der Waals surface area (Å²) in [4.78, 5) is 0. The first-order valence-electron chi connectivity index (χ1n) is 2.09. The second-order valence-electron chi connectivity index (χ2n) is 1.45. The van der Waals surface area contributed by atoms with Crippen molar-refractivity contribution in [2.75, 3.05) is 0 Å². The molecule has 0 fully saturated rings. The number of alkyl halides is 6. The van der Waals surface area contributed by atoms with Gasteiger partial charge in [0.2, 0.25) is 5.76 Å². The molecule has 64 valence electrons. The third-order valence-corrected chi connectivity index (χ3v) is 0.513. The van der Waals surface area contributed by atoms with Crippen molar-refractivity contribution in [2.45, 2.75) is 12.4 Å². The van der Waals surface area contributed by atoms with Crippen LogP contribution in [0.2, 0.25) is 0 Å². The summed E-state index contributed by atoms with van der Waals surface area (Å²) in [6, 6.07) is 0. The summed E-state index contributed by atoms with van der Waals surface area (Å²) in [6.45, 7) is 0. The Hall–Kier alpha value is -0.970. The molecule has 0 atom stereocenters. The zero-order valence-corrected chi connectivity index (χ0v) is 4.68. The maximum absolute atomic E-state index is 11.1. The van der Waals surface area contributed by atoms with E-state index in [4.69, 9.17) is 0 Å². The molecule has 0 saturated heterocycles. The Morgan fingerprint density at radius 1 is 1.00 bits per heavy atom. The molecule has 0 aromatic carbocycles. The lowest BCUT2D eigenvalue weighted by molar-refractivity contribution is -0.364. The van der Waals surface area contributed by atoms with E-state index in [1.165, 1.54) is 0 Å². The van der Waals surface area contributed by atoms with E-state index in [-0.39, 0.29) is 6.08 Å². The molecule has 0 aromatic rings. The average Bonchev–Trinajstić information content (AvgIpc) is 1.56. The van der Waals surface area contributed by atoms with Crippen LogP contribution in [0.4, 0.5) is 26.3 Å². The van der Waals surface area contributed by atoms with E-state index < -0.39 is 18.1 Å². The molecule has 0 saturated carbocycles. The minimum atomic E-state index is -5.50. The number of rotatable bonds is 0. The van der Waals surface area contributed by atoms with Crippen LogP contribution in [0.3, 0.4) is 0 Å². The monoisotopic (exact) mass is 178 g/mol. The van der Waals surface area contributed by atoms with Crippen LogP contribution in [0.1, 0.15) is 0 Å². The summed E-state index contributed by atoms with van der Waals surface area (Å²) >= 11 is 0. The van der Waals surface area contributed by atoms with Crippen molar-refractivity contribution in [3.8, 4) is 0 Å². The fraction of sp³-hybridized carbons (Fsp3) is 0.500. The highest BCUT2D eigenvalue weighted by atomic mass is 19.4. The molecule has 0 aliphatic carbocycles. The van der Waals surface area contributed by atoms with Crippen molar-refractivity contribution in [3.63, 3.8) is 0 Å². The summed E-state index contributed by atoms with van der Waals surface area (Å²) in [5.41, 5.74) is 0. The fourth-order valence-electron chi connectivity index (χ4n) is 0.200. The Kier molecular flexibility index (Phi) is 2.35. The van der Waals surface area contributed by atoms with Crippen LogP contribution in [-0.4, -0.2) is 12.4 Å². The van der Waals surface area contributed by atoms with Crippen LogP contribution in [-0.2, 0) is 0 Å². The summed E-state index contributed by atoms with van der Waals surface area (Å²) in [7, 11) is 0. The summed E-state index contributed by atoms with van der Waals surface area (Å²) in [6.07, 6.45) is -11.0. The molecule has 0 heterocycles. The second kappa shape index (κ2) is 2.58. The van der Waals surface area contributed by atoms with Crippen molar-refractivity contribution >= 4 is 0 Å². The molecule has 0 unspecified atom stereocenters. The number of hydrogen-bond acceptors (Lipinski definition) is 1. The Morgan fingerprint density at radius 2 is 1.36 bits per heavy atom. The zero-order valence-electron chi connectivity index (χ0n) is 4.68. The zero-order chi connectivity index (χ0) is 9.28. The molecule has 0 aliphatic rings. The predicted molar refractivity (Wildman–Crippen MR) is 18.9 cm³/mol. The van der Waals surface area contributed by atoms with Gasteiger partial charge < -0.3 is 5.11 Å². The molecule has 0 rings (SSSR count). The maximum atomic E-state index is 11.1. The van der Waals surface area contributed by atoms with Gasteiger partial charge in [0, 0.05) is 0 Å². The van der Waals surface area contributed by atoms with Gasteiger partial charge in [-0.05, 0) is 0 Å². The predicted octanol–water partition coefficient (Wildman–Crippen LogP) is 1.16. The van der Waals surface area contributed by atoms with Gasteiger partial charge in [0.15, 0.2) is 0 Å². The van der Waals surface area contributed by atoms with E-state index in [1.807, 2.05) is 0 Å². The van der Waals surface area contributed by atoms with E-state index in [2.05, 4.69) is 0 Å². The second-order valence-corrected chi connectivity index (χ2v) is 1.45. The summed E-state index contributed by atoms with van der Waals surface area (Å²) < 4.78 is 66.2. The highest BCUT2D eigenvalue weighted by Crippen LogP contribution is 2.25. The lowest BCUT2D eigenvalue weighted by atomic mass is 10.4. The largest absolute Gasteiger partial charge is 0.829 e. The van der Waals surface area contributed by atoms with Crippen LogP contribution >= 0.6 is 0 Å². The minimum Gasteiger partial charge on any atom is -0.829 e. The van der Waals surface area contributed by atoms with Gasteiger partial charge in [-0.2, -0.15) is 13.2 Å². The quantitative estimate of drug-likeness (QED) is 0.310. The Bertz CT molecular complexity index is 162. The normalized spacial score (nSPS) is 14.5. The van der Waals surface area contributed by atoms with Crippen molar-refractivity contribution in [1.82, 2.24) is 0 Å². The molecule has 7 heteroatoms. The molecular weight excluding hydrogens is 178 g/mol. The highest BCUT2D eigenvalue weighted by molar-refractivity contribution is 4.94. The van der Waals surface area contributed by atoms with E-state index >= 15 is 0 Å². The fourth-order valence-corrected chi connectivity index (χ4v) is 0.200. The Balaban J connectivity index is 4.49. The molecule has 0 bridgehead atoms. The first-order valence-corrected chi connectivity index (χ1v) is 2.09. The Morgan fingerprint density at radius 3 is 1.45 bits per heavy atom. The molecule has 0 aliphatic heterocycles. The summed E-state index contributed by atoms with van der Waals surface area (Å²) in [5.74, 6) is -3.02. The third kappa shape index (κ3) is 4.44. The lowest BCUT2D eigenvalue weighted by Gasteiger charge is -2.04. The van der Waals surface area contributed by atoms with Crippen LogP contribution in [0.15, 0.2) is 5.76 Å². The van der Waals surface area contributed by atoms with E-state index in [1.54, 1.807) is 0 Å².